The maximum absolute atomic E-state index is 17.0. The smallest absolute Gasteiger partial charge is 0.407 e. The highest BCUT2D eigenvalue weighted by atomic mass is 32.1. The molecule has 3 unspecified atom stereocenters. The number of benzene rings is 2. The summed E-state index contributed by atoms with van der Waals surface area (Å²) in [7, 11) is 2.57. The average Bonchev–Trinajstić information content (AvgIpc) is 4.23. The number of carbonyl (C=O) groups excluding carboxylic acids is 4. The van der Waals surface area contributed by atoms with E-state index < -0.39 is 41.9 Å². The van der Waals surface area contributed by atoms with Gasteiger partial charge in [0.1, 0.15) is 34.3 Å². The molecule has 0 aliphatic carbocycles. The Morgan fingerprint density at radius 2 is 1.47 bits per heavy atom. The van der Waals surface area contributed by atoms with Crippen LogP contribution in [0, 0.1) is 17.7 Å². The van der Waals surface area contributed by atoms with E-state index in [9.17, 15) is 24.3 Å². The topological polar surface area (TPSA) is 199 Å². The number of methoxy groups -OCH3 is 2. The number of allylic oxidation sites excluding steroid dienone is 2. The Morgan fingerprint density at radius 1 is 0.851 bits per heavy atom. The van der Waals surface area contributed by atoms with Gasteiger partial charge in [-0.05, 0) is 131 Å². The summed E-state index contributed by atoms with van der Waals surface area (Å²) in [6, 6.07) is 9.45. The number of fused-ring (bicyclic) bond motifs is 5. The average molecular weight is 1030 g/mol. The number of thiazole rings is 1. The molecule has 3 N–H and O–H groups in total. The van der Waals surface area contributed by atoms with Gasteiger partial charge in [0.25, 0.3) is 0 Å². The van der Waals surface area contributed by atoms with Gasteiger partial charge in [0.15, 0.2) is 0 Å². The number of amides is 4. The number of aromatic nitrogens is 2. The minimum absolute atomic E-state index is 0.0501. The summed E-state index contributed by atoms with van der Waals surface area (Å²) < 4.78 is 41.6. The first-order valence-corrected chi connectivity index (χ1v) is 26.5. The number of ether oxygens (including phenoxy) is 4. The fourth-order valence-corrected chi connectivity index (χ4v) is 12.7. The number of nitrogens with one attached hydrogen (secondary N) is 2. The molecular weight excluding hydrogens is 968 g/mol. The van der Waals surface area contributed by atoms with Gasteiger partial charge in [-0.2, -0.15) is 0 Å². The van der Waals surface area contributed by atoms with Gasteiger partial charge in [0.05, 0.1) is 60.2 Å². The molecule has 4 amide bonds. The van der Waals surface area contributed by atoms with Crippen LogP contribution in [0.15, 0.2) is 65.0 Å². The van der Waals surface area contributed by atoms with Gasteiger partial charge >= 0.3 is 12.2 Å². The van der Waals surface area contributed by atoms with Crippen LogP contribution in [0.1, 0.15) is 120 Å². The van der Waals surface area contributed by atoms with E-state index in [2.05, 4.69) is 21.7 Å². The normalized spacial score (nSPS) is 24.4. The number of likely N-dealkylation sites (tertiary alicyclic amines) is 2. The molecule has 6 aliphatic heterocycles. The van der Waals surface area contributed by atoms with Crippen molar-refractivity contribution in [2.24, 2.45) is 21.8 Å². The van der Waals surface area contributed by atoms with Gasteiger partial charge in [0, 0.05) is 61.3 Å². The SMILES string of the molecule is COC(=O)NC(C(=O)N1CCC[C@H]1C1=NC=C(c2ccc3c(c2)cc2n3C(c3cnc(C(C)(C)O)s3)Oc3cc(C4=CN=C([C@@H]5CCCN5C(=O)[C@@H](NC(=O)OC)C(C)C)C4)cc(F)c3-2)C1)C1C[C@@H](C)O[C@@H](C)C1. The molecule has 17 nitrogen and oxygen atoms in total. The molecule has 74 heavy (non-hydrogen) atoms. The Bertz CT molecular complexity index is 3010. The molecule has 0 saturated carbocycles. The second-order valence-corrected chi connectivity index (χ2v) is 22.4. The van der Waals surface area contributed by atoms with Crippen LogP contribution < -0.4 is 15.4 Å². The van der Waals surface area contributed by atoms with Crippen molar-refractivity contribution in [2.45, 2.75) is 141 Å². The van der Waals surface area contributed by atoms with Gasteiger partial charge in [-0.25, -0.2) is 19.0 Å². The van der Waals surface area contributed by atoms with Crippen molar-refractivity contribution in [3.63, 3.8) is 0 Å². The van der Waals surface area contributed by atoms with Crippen molar-refractivity contribution in [1.82, 2.24) is 30.0 Å². The van der Waals surface area contributed by atoms with Crippen molar-refractivity contribution >= 4 is 68.8 Å². The van der Waals surface area contributed by atoms with Crippen LogP contribution >= 0.6 is 11.3 Å². The minimum atomic E-state index is -1.20. The third kappa shape index (κ3) is 9.73. The third-order valence-corrected chi connectivity index (χ3v) is 16.7. The molecule has 0 bridgehead atoms. The molecule has 3 fully saturated rings. The zero-order chi connectivity index (χ0) is 52.3. The maximum Gasteiger partial charge on any atom is 0.407 e. The molecule has 2 aromatic heterocycles. The number of hydrogen-bond donors (Lipinski definition) is 3. The molecule has 4 aromatic rings. The van der Waals surface area contributed by atoms with Crippen molar-refractivity contribution in [1.29, 1.82) is 0 Å². The quantitative estimate of drug-likeness (QED) is 0.123. The van der Waals surface area contributed by atoms with Crippen LogP contribution in [0.25, 0.3) is 33.3 Å². The minimum Gasteiger partial charge on any atom is -0.464 e. The molecule has 10 rings (SSSR count). The molecule has 8 heterocycles. The van der Waals surface area contributed by atoms with Gasteiger partial charge in [-0.1, -0.05) is 19.9 Å². The molecule has 0 radical (unpaired) electrons. The highest BCUT2D eigenvalue weighted by Gasteiger charge is 2.44. The molecule has 8 atom stereocenters. The molecule has 0 spiro atoms. The second-order valence-electron chi connectivity index (χ2n) is 21.3. The van der Waals surface area contributed by atoms with Crippen LogP contribution in [0.3, 0.4) is 0 Å². The molecule has 3 saturated heterocycles. The molecule has 2 aromatic carbocycles. The first kappa shape index (κ1) is 51.1. The molecular formula is C55H65FN8O9S. The van der Waals surface area contributed by atoms with E-state index in [-0.39, 0.29) is 47.9 Å². The first-order valence-electron chi connectivity index (χ1n) is 25.7. The second kappa shape index (κ2) is 20.4. The number of hydrogen-bond acceptors (Lipinski definition) is 13. The van der Waals surface area contributed by atoms with E-state index in [0.29, 0.717) is 72.8 Å². The number of rotatable bonds is 12. The Labute approximate surface area is 433 Å². The Balaban J connectivity index is 0.911. The fourth-order valence-electron chi connectivity index (χ4n) is 11.8. The molecule has 19 heteroatoms. The standard InChI is InChI=1S/C55H65FN8O9S/c1-28(2)47(60-53(67)70-7)49(65)62-15-9-11-41(62)39-22-36(26-58-39)32-20-37(56)46-43-23-33-19-31(13-14-40(33)64(43)51(73-44(46)24-32)45-27-59-52(74-45)55(5,6)69)35-21-38(57-25-35)42-12-10-16-63(42)50(66)48(61-54(68)71-8)34-17-29(3)72-30(4)18-34/h13-14,19-20,23-30,34,41-42,47-48,51,69H,9-12,15-18,21-22H2,1-8H3,(H,60,67)(H,61,68)/t29-,30+,34?,41-,42-,47-,48?,51?/m0/s1. The van der Waals surface area contributed by atoms with E-state index in [1.807, 2.05) is 67.6 Å². The Hall–Kier alpha value is -6.44. The molecule has 392 valence electrons. The zero-order valence-electron chi connectivity index (χ0n) is 43.1. The molecule has 6 aliphatic rings. The van der Waals surface area contributed by atoms with Gasteiger partial charge in [0.2, 0.25) is 18.0 Å². The predicted octanol–water partition coefficient (Wildman–Crippen LogP) is 8.73. The van der Waals surface area contributed by atoms with Crippen LogP contribution in [-0.2, 0) is 29.4 Å². The summed E-state index contributed by atoms with van der Waals surface area (Å²) in [6.07, 6.45) is 8.42. The summed E-state index contributed by atoms with van der Waals surface area (Å²) in [6.45, 7) is 12.2. The highest BCUT2D eigenvalue weighted by molar-refractivity contribution is 7.11. The summed E-state index contributed by atoms with van der Waals surface area (Å²) in [4.78, 5) is 71.8. The zero-order valence-corrected chi connectivity index (χ0v) is 44.0. The van der Waals surface area contributed by atoms with Gasteiger partial charge in [-0.15, -0.1) is 11.3 Å². The lowest BCUT2D eigenvalue weighted by atomic mass is 9.85. The predicted molar refractivity (Wildman–Crippen MR) is 279 cm³/mol. The number of alkyl carbamates (subject to hydrolysis) is 2. The monoisotopic (exact) mass is 1030 g/mol. The van der Waals surface area contributed by atoms with E-state index >= 15 is 4.39 Å². The Kier molecular flexibility index (Phi) is 14.0. The lowest BCUT2D eigenvalue weighted by Crippen LogP contribution is -2.56. The fraction of sp³-hybridized carbons (Fsp3) is 0.509. The van der Waals surface area contributed by atoms with Gasteiger partial charge in [-0.3, -0.25) is 24.1 Å². The maximum atomic E-state index is 17.0. The summed E-state index contributed by atoms with van der Waals surface area (Å²) in [5.41, 5.74) is 5.52. The number of aliphatic imine (C=N–C) groups is 2. The van der Waals surface area contributed by atoms with E-state index in [1.54, 1.807) is 31.1 Å². The van der Waals surface area contributed by atoms with Crippen molar-refractivity contribution < 1.29 is 47.6 Å². The third-order valence-electron chi connectivity index (χ3n) is 15.3. The number of halogens is 1. The highest BCUT2D eigenvalue weighted by Crippen LogP contribution is 2.49. The van der Waals surface area contributed by atoms with Crippen LogP contribution in [-0.4, -0.2) is 124 Å². The van der Waals surface area contributed by atoms with Crippen LogP contribution in [0.2, 0.25) is 0 Å². The van der Waals surface area contributed by atoms with Crippen LogP contribution in [0.4, 0.5) is 14.0 Å². The lowest BCUT2D eigenvalue weighted by Gasteiger charge is -2.38. The Morgan fingerprint density at radius 3 is 2.08 bits per heavy atom. The summed E-state index contributed by atoms with van der Waals surface area (Å²) in [5, 5.41) is 17.9. The van der Waals surface area contributed by atoms with Crippen molar-refractivity contribution in [2.75, 3.05) is 27.3 Å². The van der Waals surface area contributed by atoms with Crippen molar-refractivity contribution in [3.8, 4) is 17.0 Å². The number of nitrogens with zero attached hydrogens (tertiary/aromatic N) is 6. The van der Waals surface area contributed by atoms with E-state index in [0.717, 1.165) is 63.2 Å². The first-order chi connectivity index (χ1) is 35.4. The van der Waals surface area contributed by atoms with Crippen molar-refractivity contribution in [3.05, 3.63) is 81.8 Å². The van der Waals surface area contributed by atoms with Crippen LogP contribution in [0.5, 0.6) is 5.75 Å². The summed E-state index contributed by atoms with van der Waals surface area (Å²) in [5.74, 6) is -0.747. The largest absolute Gasteiger partial charge is 0.464 e. The number of carbonyl (C=O) groups is 4. The van der Waals surface area contributed by atoms with E-state index in [4.69, 9.17) is 28.9 Å². The lowest BCUT2D eigenvalue weighted by molar-refractivity contribution is -0.137. The van der Waals surface area contributed by atoms with Gasteiger partial charge < -0.3 is 44.5 Å². The summed E-state index contributed by atoms with van der Waals surface area (Å²) >= 11 is 1.33. The van der Waals surface area contributed by atoms with E-state index in [1.165, 1.54) is 31.6 Å². The number of aliphatic hydroxyl groups is 1.